The summed E-state index contributed by atoms with van der Waals surface area (Å²) in [5, 5.41) is 18.3. The lowest BCUT2D eigenvalue weighted by Gasteiger charge is -2.38. The third-order valence-electron chi connectivity index (χ3n) is 3.13. The number of hydrogen-bond donors (Lipinski definition) is 2. The highest BCUT2D eigenvalue weighted by atomic mass is 16.6. The number of likely N-dealkylation sites (tertiary alicyclic amines) is 1. The van der Waals surface area contributed by atoms with Gasteiger partial charge >= 0.3 is 12.1 Å². The van der Waals surface area contributed by atoms with Gasteiger partial charge < -0.3 is 19.8 Å². The molecule has 6 heteroatoms. The van der Waals surface area contributed by atoms with Crippen LogP contribution in [0.4, 0.5) is 4.79 Å². The molecule has 0 saturated carbocycles. The van der Waals surface area contributed by atoms with Crippen molar-refractivity contribution in [3.8, 4) is 0 Å². The standard InChI is InChI=1S/C12H21NO5/c1-11(2,3)18-10(17)13-6-4-12(8-14,5-7-13)9(15)16/h14H,4-8H2,1-3H3,(H,15,16). The van der Waals surface area contributed by atoms with E-state index in [-0.39, 0.29) is 12.8 Å². The van der Waals surface area contributed by atoms with Crippen LogP contribution in [0.5, 0.6) is 0 Å². The number of nitrogens with zero attached hydrogens (tertiary/aromatic N) is 1. The number of carboxylic acid groups (broad SMARTS) is 1. The van der Waals surface area contributed by atoms with Crippen molar-refractivity contribution < 1.29 is 24.5 Å². The average Bonchev–Trinajstić information content (AvgIpc) is 2.26. The van der Waals surface area contributed by atoms with E-state index in [2.05, 4.69) is 0 Å². The summed E-state index contributed by atoms with van der Waals surface area (Å²) in [6.07, 6.45) is 0.0651. The molecule has 0 aromatic rings. The van der Waals surface area contributed by atoms with Gasteiger partial charge in [0.2, 0.25) is 0 Å². The van der Waals surface area contributed by atoms with E-state index >= 15 is 0 Å². The molecule has 0 aliphatic carbocycles. The summed E-state index contributed by atoms with van der Waals surface area (Å²) in [6.45, 7) is 5.53. The molecule has 6 nitrogen and oxygen atoms in total. The Kier molecular flexibility index (Phi) is 4.21. The first kappa shape index (κ1) is 14.8. The van der Waals surface area contributed by atoms with E-state index < -0.39 is 29.7 Å². The van der Waals surface area contributed by atoms with Crippen molar-refractivity contribution in [1.29, 1.82) is 0 Å². The van der Waals surface area contributed by atoms with E-state index in [1.165, 1.54) is 4.90 Å². The Morgan fingerprint density at radius 3 is 2.11 bits per heavy atom. The van der Waals surface area contributed by atoms with Crippen LogP contribution in [0, 0.1) is 5.41 Å². The van der Waals surface area contributed by atoms with E-state index in [4.69, 9.17) is 9.84 Å². The van der Waals surface area contributed by atoms with Gasteiger partial charge in [-0.05, 0) is 33.6 Å². The summed E-state index contributed by atoms with van der Waals surface area (Å²) in [5.41, 5.74) is -1.67. The summed E-state index contributed by atoms with van der Waals surface area (Å²) in [5.74, 6) is -1.01. The second-order valence-corrected chi connectivity index (χ2v) is 5.71. The maximum atomic E-state index is 11.8. The first-order valence-corrected chi connectivity index (χ1v) is 6.02. The van der Waals surface area contributed by atoms with Crippen LogP contribution in [0.3, 0.4) is 0 Å². The van der Waals surface area contributed by atoms with Crippen LogP contribution in [0.15, 0.2) is 0 Å². The quantitative estimate of drug-likeness (QED) is 0.775. The number of amides is 1. The van der Waals surface area contributed by atoms with E-state index in [0.717, 1.165) is 0 Å². The lowest BCUT2D eigenvalue weighted by Crippen LogP contribution is -2.49. The van der Waals surface area contributed by atoms with Crippen molar-refractivity contribution in [3.05, 3.63) is 0 Å². The number of rotatable bonds is 2. The zero-order chi connectivity index (χ0) is 14.0. The van der Waals surface area contributed by atoms with Crippen LogP contribution in [0.2, 0.25) is 0 Å². The summed E-state index contributed by atoms with van der Waals surface area (Å²) >= 11 is 0. The number of carboxylic acids is 1. The Bertz CT molecular complexity index is 326. The lowest BCUT2D eigenvalue weighted by molar-refractivity contribution is -0.155. The van der Waals surface area contributed by atoms with Gasteiger partial charge in [-0.25, -0.2) is 4.79 Å². The molecule has 0 aromatic heterocycles. The zero-order valence-electron chi connectivity index (χ0n) is 11.1. The van der Waals surface area contributed by atoms with E-state index in [1.54, 1.807) is 20.8 Å². The highest BCUT2D eigenvalue weighted by Crippen LogP contribution is 2.31. The molecule has 1 aliphatic heterocycles. The maximum absolute atomic E-state index is 11.8. The van der Waals surface area contributed by atoms with Crippen LogP contribution < -0.4 is 0 Å². The number of hydrogen-bond acceptors (Lipinski definition) is 4. The molecule has 104 valence electrons. The topological polar surface area (TPSA) is 87.1 Å². The predicted octanol–water partition coefficient (Wildman–Crippen LogP) is 1.08. The number of aliphatic carboxylic acids is 1. The normalized spacial score (nSPS) is 19.4. The van der Waals surface area contributed by atoms with Crippen molar-refractivity contribution in [2.75, 3.05) is 19.7 Å². The molecule has 1 aliphatic rings. The summed E-state index contributed by atoms with van der Waals surface area (Å²) < 4.78 is 5.22. The SMILES string of the molecule is CC(C)(C)OC(=O)N1CCC(CO)(C(=O)O)CC1. The van der Waals surface area contributed by atoms with Gasteiger partial charge in [-0.15, -0.1) is 0 Å². The van der Waals surface area contributed by atoms with Gasteiger partial charge in [0.1, 0.15) is 5.60 Å². The van der Waals surface area contributed by atoms with Gasteiger partial charge in [0.25, 0.3) is 0 Å². The molecule has 1 heterocycles. The molecule has 1 rings (SSSR count). The van der Waals surface area contributed by atoms with Crippen LogP contribution in [-0.2, 0) is 9.53 Å². The van der Waals surface area contributed by atoms with Gasteiger partial charge in [-0.3, -0.25) is 4.79 Å². The molecule has 0 spiro atoms. The third-order valence-corrected chi connectivity index (χ3v) is 3.13. The number of carbonyl (C=O) groups is 2. The Labute approximate surface area is 107 Å². The van der Waals surface area contributed by atoms with Gasteiger partial charge in [0.05, 0.1) is 12.0 Å². The Morgan fingerprint density at radius 2 is 1.78 bits per heavy atom. The van der Waals surface area contributed by atoms with Gasteiger partial charge in [0.15, 0.2) is 0 Å². The van der Waals surface area contributed by atoms with Crippen LogP contribution in [-0.4, -0.2) is 52.5 Å². The number of carbonyl (C=O) groups excluding carboxylic acids is 1. The van der Waals surface area contributed by atoms with Crippen LogP contribution >= 0.6 is 0 Å². The number of ether oxygens (including phenoxy) is 1. The minimum atomic E-state index is -1.11. The largest absolute Gasteiger partial charge is 0.481 e. The molecule has 2 N–H and O–H groups in total. The third kappa shape index (κ3) is 3.35. The molecule has 0 radical (unpaired) electrons. The van der Waals surface area contributed by atoms with Gasteiger partial charge in [0, 0.05) is 13.1 Å². The number of aliphatic hydroxyl groups excluding tert-OH is 1. The molecule has 0 atom stereocenters. The number of aliphatic hydroxyl groups is 1. The van der Waals surface area contributed by atoms with E-state index in [9.17, 15) is 14.7 Å². The van der Waals surface area contributed by atoms with Crippen LogP contribution in [0.25, 0.3) is 0 Å². The summed E-state index contributed by atoms with van der Waals surface area (Å²) in [4.78, 5) is 24.4. The molecular formula is C12H21NO5. The molecule has 18 heavy (non-hydrogen) atoms. The fourth-order valence-electron chi connectivity index (χ4n) is 1.88. The first-order valence-electron chi connectivity index (χ1n) is 6.02. The maximum Gasteiger partial charge on any atom is 0.410 e. The van der Waals surface area contributed by atoms with Crippen molar-refractivity contribution >= 4 is 12.1 Å². The van der Waals surface area contributed by atoms with Crippen molar-refractivity contribution in [2.45, 2.75) is 39.2 Å². The second kappa shape index (κ2) is 5.14. The van der Waals surface area contributed by atoms with Crippen LogP contribution in [0.1, 0.15) is 33.6 Å². The lowest BCUT2D eigenvalue weighted by atomic mass is 9.79. The average molecular weight is 259 g/mol. The van der Waals surface area contributed by atoms with Gasteiger partial charge in [-0.2, -0.15) is 0 Å². The fraction of sp³-hybridized carbons (Fsp3) is 0.833. The highest BCUT2D eigenvalue weighted by Gasteiger charge is 2.42. The summed E-state index contributed by atoms with van der Waals surface area (Å²) in [7, 11) is 0. The molecular weight excluding hydrogens is 238 g/mol. The van der Waals surface area contributed by atoms with Crippen molar-refractivity contribution in [3.63, 3.8) is 0 Å². The van der Waals surface area contributed by atoms with Crippen molar-refractivity contribution in [1.82, 2.24) is 4.90 Å². The first-order chi connectivity index (χ1) is 8.20. The molecule has 0 aromatic carbocycles. The minimum absolute atomic E-state index is 0.248. The Morgan fingerprint density at radius 1 is 1.28 bits per heavy atom. The highest BCUT2D eigenvalue weighted by molar-refractivity contribution is 5.76. The molecule has 0 unspecified atom stereocenters. The smallest absolute Gasteiger partial charge is 0.410 e. The summed E-state index contributed by atoms with van der Waals surface area (Å²) in [6, 6.07) is 0. The van der Waals surface area contributed by atoms with E-state index in [1.807, 2.05) is 0 Å². The zero-order valence-corrected chi connectivity index (χ0v) is 11.1. The molecule has 1 amide bonds. The fourth-order valence-corrected chi connectivity index (χ4v) is 1.88. The Hall–Kier alpha value is -1.30. The van der Waals surface area contributed by atoms with Gasteiger partial charge in [-0.1, -0.05) is 0 Å². The number of piperidine rings is 1. The molecule has 0 bridgehead atoms. The second-order valence-electron chi connectivity index (χ2n) is 5.71. The minimum Gasteiger partial charge on any atom is -0.481 e. The molecule has 1 fully saturated rings. The van der Waals surface area contributed by atoms with Crippen molar-refractivity contribution in [2.24, 2.45) is 5.41 Å². The Balaban J connectivity index is 2.58. The van der Waals surface area contributed by atoms with E-state index in [0.29, 0.717) is 13.1 Å². The monoisotopic (exact) mass is 259 g/mol. The molecule has 1 saturated heterocycles. The predicted molar refractivity (Wildman–Crippen MR) is 64.2 cm³/mol.